The zero-order valence-electron chi connectivity index (χ0n) is 11.6. The molecule has 2 aliphatic heterocycles. The fourth-order valence-electron chi connectivity index (χ4n) is 3.05. The summed E-state index contributed by atoms with van der Waals surface area (Å²) in [6.45, 7) is 3.58. The van der Waals surface area contributed by atoms with Crippen molar-refractivity contribution in [2.75, 3.05) is 26.2 Å². The van der Waals surface area contributed by atoms with Crippen LogP contribution in [0.15, 0.2) is 30.3 Å². The molecule has 2 fully saturated rings. The number of non-ortho nitro benzene ring substituents is 1. The second kappa shape index (κ2) is 5.65. The largest absolute Gasteiger partial charge is 0.338 e. The van der Waals surface area contributed by atoms with Crippen molar-refractivity contribution >= 4 is 17.7 Å². The van der Waals surface area contributed by atoms with Gasteiger partial charge in [-0.15, -0.1) is 0 Å². The van der Waals surface area contributed by atoms with Crippen molar-refractivity contribution in [2.45, 2.75) is 0 Å². The van der Waals surface area contributed by atoms with Crippen molar-refractivity contribution in [3.63, 3.8) is 0 Å². The van der Waals surface area contributed by atoms with Gasteiger partial charge >= 0.3 is 0 Å². The van der Waals surface area contributed by atoms with Crippen molar-refractivity contribution in [1.29, 1.82) is 0 Å². The van der Waals surface area contributed by atoms with Crippen LogP contribution in [0, 0.1) is 22.0 Å². The summed E-state index contributed by atoms with van der Waals surface area (Å²) >= 11 is 0. The van der Waals surface area contributed by atoms with E-state index in [4.69, 9.17) is 0 Å². The number of carbonyl (C=O) groups is 1. The number of nitrogens with one attached hydrogen (secondary N) is 1. The van der Waals surface area contributed by atoms with Gasteiger partial charge in [-0.25, -0.2) is 0 Å². The minimum atomic E-state index is -0.437. The van der Waals surface area contributed by atoms with Crippen LogP contribution < -0.4 is 5.32 Å². The number of nitro benzene ring substituents is 1. The van der Waals surface area contributed by atoms with E-state index in [0.717, 1.165) is 26.2 Å². The maximum absolute atomic E-state index is 12.2. The third-order valence-corrected chi connectivity index (χ3v) is 4.20. The number of nitrogens with zero attached hydrogens (tertiary/aromatic N) is 2. The maximum atomic E-state index is 12.2. The van der Waals surface area contributed by atoms with E-state index in [0.29, 0.717) is 17.4 Å². The highest BCUT2D eigenvalue weighted by atomic mass is 16.6. The molecule has 0 aliphatic carbocycles. The molecular weight excluding hydrogens is 270 g/mol. The Hall–Kier alpha value is -2.21. The molecule has 21 heavy (non-hydrogen) atoms. The first-order valence-electron chi connectivity index (χ1n) is 7.05. The van der Waals surface area contributed by atoms with E-state index in [2.05, 4.69) is 5.32 Å². The van der Waals surface area contributed by atoms with Gasteiger partial charge in [0.05, 0.1) is 4.92 Å². The molecule has 0 spiro atoms. The monoisotopic (exact) mass is 287 g/mol. The summed E-state index contributed by atoms with van der Waals surface area (Å²) in [5, 5.41) is 14.1. The summed E-state index contributed by atoms with van der Waals surface area (Å²) in [6.07, 6.45) is 3.15. The van der Waals surface area contributed by atoms with Crippen LogP contribution in [0.4, 0.5) is 5.69 Å². The third kappa shape index (κ3) is 2.95. The number of amides is 1. The minimum absolute atomic E-state index is 0.0177. The lowest BCUT2D eigenvalue weighted by Crippen LogP contribution is -2.30. The third-order valence-electron chi connectivity index (χ3n) is 4.20. The molecule has 1 amide bonds. The second-order valence-electron chi connectivity index (χ2n) is 5.61. The molecule has 2 atom stereocenters. The highest BCUT2D eigenvalue weighted by Gasteiger charge is 2.37. The predicted octanol–water partition coefficient (Wildman–Crippen LogP) is 1.29. The van der Waals surface area contributed by atoms with Gasteiger partial charge in [-0.2, -0.15) is 0 Å². The zero-order valence-corrected chi connectivity index (χ0v) is 11.6. The van der Waals surface area contributed by atoms with E-state index < -0.39 is 4.92 Å². The number of likely N-dealkylation sites (tertiary alicyclic amines) is 1. The molecule has 1 N–H and O–H groups in total. The van der Waals surface area contributed by atoms with E-state index in [-0.39, 0.29) is 11.6 Å². The van der Waals surface area contributed by atoms with Crippen molar-refractivity contribution in [3.05, 3.63) is 46.0 Å². The molecule has 0 bridgehead atoms. The summed E-state index contributed by atoms with van der Waals surface area (Å²) in [5.41, 5.74) is 0.699. The van der Waals surface area contributed by atoms with Crippen LogP contribution in [0.2, 0.25) is 0 Å². The lowest BCUT2D eigenvalue weighted by Gasteiger charge is -2.14. The number of nitro groups is 1. The Morgan fingerprint density at radius 3 is 2.71 bits per heavy atom. The molecule has 2 saturated heterocycles. The quantitative estimate of drug-likeness (QED) is 0.516. The number of benzene rings is 1. The Morgan fingerprint density at radius 2 is 2.05 bits per heavy atom. The lowest BCUT2D eigenvalue weighted by atomic mass is 10.0. The van der Waals surface area contributed by atoms with Crippen LogP contribution in [-0.2, 0) is 4.79 Å². The van der Waals surface area contributed by atoms with E-state index in [9.17, 15) is 14.9 Å². The smallest absolute Gasteiger partial charge is 0.270 e. The van der Waals surface area contributed by atoms with Gasteiger partial charge in [0.15, 0.2) is 0 Å². The van der Waals surface area contributed by atoms with Gasteiger partial charge in [0.2, 0.25) is 5.91 Å². The molecular formula is C15H17N3O3. The number of rotatable bonds is 3. The maximum Gasteiger partial charge on any atom is 0.270 e. The van der Waals surface area contributed by atoms with Gasteiger partial charge in [-0.1, -0.05) is 12.1 Å². The van der Waals surface area contributed by atoms with Gasteiger partial charge in [-0.05, 0) is 23.5 Å². The van der Waals surface area contributed by atoms with Gasteiger partial charge < -0.3 is 10.2 Å². The highest BCUT2D eigenvalue weighted by molar-refractivity contribution is 5.92. The Kier molecular flexibility index (Phi) is 3.70. The Morgan fingerprint density at radius 1 is 1.33 bits per heavy atom. The van der Waals surface area contributed by atoms with Gasteiger partial charge in [0.1, 0.15) is 0 Å². The fraction of sp³-hybridized carbons (Fsp3) is 0.400. The fourth-order valence-corrected chi connectivity index (χ4v) is 3.05. The van der Waals surface area contributed by atoms with Crippen LogP contribution in [0.25, 0.3) is 6.08 Å². The number of hydrogen-bond acceptors (Lipinski definition) is 4. The first kappa shape index (κ1) is 13.8. The topological polar surface area (TPSA) is 75.5 Å². The highest BCUT2D eigenvalue weighted by Crippen LogP contribution is 2.26. The zero-order chi connectivity index (χ0) is 14.8. The van der Waals surface area contributed by atoms with Crippen LogP contribution in [0.3, 0.4) is 0 Å². The molecule has 1 aromatic carbocycles. The summed E-state index contributed by atoms with van der Waals surface area (Å²) in [7, 11) is 0. The molecule has 0 saturated carbocycles. The number of carbonyl (C=O) groups excluding carboxylic acids is 1. The standard InChI is InChI=1S/C15H17N3O3/c19-15(17-9-12-7-16-8-13(12)10-17)5-4-11-2-1-3-14(6-11)18(20)21/h1-6,12-13,16H,7-10H2. The van der Waals surface area contributed by atoms with Crippen molar-refractivity contribution in [2.24, 2.45) is 11.8 Å². The molecule has 3 rings (SSSR count). The summed E-state index contributed by atoms with van der Waals surface area (Å²) < 4.78 is 0. The molecule has 2 aliphatic rings. The summed E-state index contributed by atoms with van der Waals surface area (Å²) in [6, 6.07) is 6.27. The average molecular weight is 287 g/mol. The predicted molar refractivity (Wildman–Crippen MR) is 78.6 cm³/mol. The van der Waals surface area contributed by atoms with Gasteiger partial charge in [0.25, 0.3) is 5.69 Å². The van der Waals surface area contributed by atoms with Gasteiger partial charge in [0, 0.05) is 44.4 Å². The van der Waals surface area contributed by atoms with Gasteiger partial charge in [-0.3, -0.25) is 14.9 Å². The molecule has 2 heterocycles. The minimum Gasteiger partial charge on any atom is -0.338 e. The molecule has 6 nitrogen and oxygen atoms in total. The molecule has 1 aromatic rings. The number of fused-ring (bicyclic) bond motifs is 1. The Bertz CT molecular complexity index is 588. The number of hydrogen-bond donors (Lipinski definition) is 1. The molecule has 6 heteroatoms. The molecule has 0 aromatic heterocycles. The van der Waals surface area contributed by atoms with E-state index >= 15 is 0 Å². The molecule has 2 unspecified atom stereocenters. The summed E-state index contributed by atoms with van der Waals surface area (Å²) in [5.74, 6) is 1.12. The Balaban J connectivity index is 1.64. The summed E-state index contributed by atoms with van der Waals surface area (Å²) in [4.78, 5) is 24.3. The molecule has 0 radical (unpaired) electrons. The van der Waals surface area contributed by atoms with E-state index in [1.807, 2.05) is 4.90 Å². The first-order chi connectivity index (χ1) is 10.1. The molecule has 110 valence electrons. The van der Waals surface area contributed by atoms with Crippen LogP contribution in [-0.4, -0.2) is 41.9 Å². The van der Waals surface area contributed by atoms with Crippen LogP contribution in [0.1, 0.15) is 5.56 Å². The average Bonchev–Trinajstić information content (AvgIpc) is 3.06. The van der Waals surface area contributed by atoms with Crippen molar-refractivity contribution < 1.29 is 9.72 Å². The first-order valence-corrected chi connectivity index (χ1v) is 7.05. The SMILES string of the molecule is O=C(C=Cc1cccc([N+](=O)[O-])c1)N1CC2CNCC2C1. The van der Waals surface area contributed by atoms with Crippen molar-refractivity contribution in [1.82, 2.24) is 10.2 Å². The lowest BCUT2D eigenvalue weighted by molar-refractivity contribution is -0.384. The normalized spacial score (nSPS) is 24.5. The van der Waals surface area contributed by atoms with Crippen LogP contribution >= 0.6 is 0 Å². The van der Waals surface area contributed by atoms with Crippen molar-refractivity contribution in [3.8, 4) is 0 Å². The van der Waals surface area contributed by atoms with E-state index in [1.165, 1.54) is 18.2 Å². The Labute approximate surface area is 122 Å². The second-order valence-corrected chi connectivity index (χ2v) is 5.61. The van der Waals surface area contributed by atoms with E-state index in [1.54, 1.807) is 18.2 Å². The van der Waals surface area contributed by atoms with Crippen LogP contribution in [0.5, 0.6) is 0 Å².